The maximum atomic E-state index is 11.9. The number of aromatic nitrogens is 4. The second kappa shape index (κ2) is 5.94. The van der Waals surface area contributed by atoms with Crippen LogP contribution in [0.2, 0.25) is 0 Å². The molecule has 0 fully saturated rings. The largest absolute Gasteiger partial charge is 0.508 e. The van der Waals surface area contributed by atoms with Gasteiger partial charge in [0.25, 0.3) is 0 Å². The van der Waals surface area contributed by atoms with Crippen molar-refractivity contribution in [3.63, 3.8) is 0 Å². The van der Waals surface area contributed by atoms with E-state index in [1.165, 1.54) is 17.8 Å². The fourth-order valence-corrected chi connectivity index (χ4v) is 3.42. The van der Waals surface area contributed by atoms with E-state index in [1.54, 1.807) is 23.7 Å². The summed E-state index contributed by atoms with van der Waals surface area (Å²) >= 11 is 1.45. The second-order valence-electron chi connectivity index (χ2n) is 6.51. The summed E-state index contributed by atoms with van der Waals surface area (Å²) in [5.41, 5.74) is 1.11. The van der Waals surface area contributed by atoms with Crippen molar-refractivity contribution in [2.45, 2.75) is 44.1 Å². The Morgan fingerprint density at radius 3 is 2.79 bits per heavy atom. The molecule has 0 spiro atoms. The molecule has 0 bridgehead atoms. The minimum absolute atomic E-state index is 0.104. The first-order valence-corrected chi connectivity index (χ1v) is 8.43. The van der Waals surface area contributed by atoms with Gasteiger partial charge in [-0.15, -0.1) is 5.10 Å². The zero-order chi connectivity index (χ0) is 17.5. The molecule has 0 aliphatic carbocycles. The zero-order valence-electron chi connectivity index (χ0n) is 13.9. The number of tetrazole rings is 1. The minimum atomic E-state index is -0.442. The lowest BCUT2D eigenvalue weighted by molar-refractivity contribution is 0.321. The van der Waals surface area contributed by atoms with Gasteiger partial charge in [0.15, 0.2) is 0 Å². The summed E-state index contributed by atoms with van der Waals surface area (Å²) in [4.78, 5) is 11.9. The van der Waals surface area contributed by atoms with E-state index in [1.807, 2.05) is 20.8 Å². The molecule has 7 nitrogen and oxygen atoms in total. The van der Waals surface area contributed by atoms with Crippen molar-refractivity contribution in [3.05, 3.63) is 39.7 Å². The summed E-state index contributed by atoms with van der Waals surface area (Å²) in [5.74, 6) is 0.620. The third kappa shape index (κ3) is 3.01. The number of fused-ring (bicyclic) bond motifs is 1. The molecule has 2 heterocycles. The summed E-state index contributed by atoms with van der Waals surface area (Å²) in [6.07, 6.45) is 0. The minimum Gasteiger partial charge on any atom is -0.508 e. The Kier molecular flexibility index (Phi) is 4.08. The number of aromatic hydroxyl groups is 1. The van der Waals surface area contributed by atoms with Gasteiger partial charge in [-0.25, -0.2) is 9.48 Å². The van der Waals surface area contributed by atoms with Crippen LogP contribution in [0.1, 0.15) is 31.9 Å². The molecule has 3 aromatic rings. The number of rotatable bonds is 3. The van der Waals surface area contributed by atoms with Crippen LogP contribution < -0.4 is 5.63 Å². The maximum absolute atomic E-state index is 11.9. The van der Waals surface area contributed by atoms with Crippen molar-refractivity contribution in [3.8, 4) is 5.75 Å². The standard InChI is InChI=1S/C16H18N4O3S/c1-9-12(21)6-5-11-10(7-13(22)23-14(9)11)8-24-15-17-18-19-20(15)16(2,3)4/h5-7,21H,8H2,1-4H3. The Morgan fingerprint density at radius 2 is 2.08 bits per heavy atom. The molecule has 0 saturated carbocycles. The van der Waals surface area contributed by atoms with Gasteiger partial charge in [0.2, 0.25) is 5.16 Å². The molecule has 1 aromatic carbocycles. The molecule has 0 unspecified atom stereocenters. The van der Waals surface area contributed by atoms with E-state index in [0.29, 0.717) is 22.1 Å². The molecule has 3 rings (SSSR count). The van der Waals surface area contributed by atoms with Crippen LogP contribution in [0.5, 0.6) is 5.75 Å². The van der Waals surface area contributed by atoms with Crippen LogP contribution in [0.25, 0.3) is 11.0 Å². The summed E-state index contributed by atoms with van der Waals surface area (Å²) < 4.78 is 7.01. The first-order valence-electron chi connectivity index (χ1n) is 7.44. The quantitative estimate of drug-likeness (QED) is 0.575. The van der Waals surface area contributed by atoms with Crippen molar-refractivity contribution in [1.29, 1.82) is 0 Å². The lowest BCUT2D eigenvalue weighted by atomic mass is 10.1. The van der Waals surface area contributed by atoms with Crippen LogP contribution in [-0.4, -0.2) is 25.3 Å². The molecular weight excluding hydrogens is 328 g/mol. The van der Waals surface area contributed by atoms with Crippen LogP contribution in [0.4, 0.5) is 0 Å². The first-order chi connectivity index (χ1) is 11.3. The van der Waals surface area contributed by atoms with Gasteiger partial charge in [-0.1, -0.05) is 11.8 Å². The van der Waals surface area contributed by atoms with Crippen molar-refractivity contribution in [2.24, 2.45) is 0 Å². The van der Waals surface area contributed by atoms with Gasteiger partial charge in [-0.05, 0) is 55.8 Å². The highest BCUT2D eigenvalue weighted by Gasteiger charge is 2.20. The van der Waals surface area contributed by atoms with Crippen molar-refractivity contribution in [2.75, 3.05) is 0 Å². The van der Waals surface area contributed by atoms with E-state index in [2.05, 4.69) is 15.5 Å². The Morgan fingerprint density at radius 1 is 1.33 bits per heavy atom. The van der Waals surface area contributed by atoms with Gasteiger partial charge < -0.3 is 9.52 Å². The highest BCUT2D eigenvalue weighted by molar-refractivity contribution is 7.98. The predicted octanol–water partition coefficient (Wildman–Crippen LogP) is 2.84. The van der Waals surface area contributed by atoms with E-state index >= 15 is 0 Å². The number of phenolic OH excluding ortho intramolecular Hbond substituents is 1. The molecule has 126 valence electrons. The molecule has 2 aromatic heterocycles. The average Bonchev–Trinajstić information content (AvgIpc) is 2.98. The van der Waals surface area contributed by atoms with Gasteiger partial charge >= 0.3 is 5.63 Å². The number of hydrogen-bond donors (Lipinski definition) is 1. The molecule has 0 atom stereocenters. The molecule has 0 aliphatic rings. The Labute approximate surface area is 142 Å². The number of thioether (sulfide) groups is 1. The summed E-state index contributed by atoms with van der Waals surface area (Å²) in [6.45, 7) is 7.78. The smallest absolute Gasteiger partial charge is 0.336 e. The third-order valence-electron chi connectivity index (χ3n) is 3.65. The molecule has 1 N–H and O–H groups in total. The van der Waals surface area contributed by atoms with Gasteiger partial charge in [0, 0.05) is 22.8 Å². The predicted molar refractivity (Wildman–Crippen MR) is 91.3 cm³/mol. The molecule has 24 heavy (non-hydrogen) atoms. The first kappa shape index (κ1) is 16.5. The SMILES string of the molecule is Cc1c(O)ccc2c(CSc3nnnn3C(C)(C)C)cc(=O)oc12. The van der Waals surface area contributed by atoms with E-state index in [4.69, 9.17) is 4.42 Å². The summed E-state index contributed by atoms with van der Waals surface area (Å²) in [7, 11) is 0. The summed E-state index contributed by atoms with van der Waals surface area (Å²) in [5, 5.41) is 23.1. The van der Waals surface area contributed by atoms with Crippen molar-refractivity contribution in [1.82, 2.24) is 20.2 Å². The van der Waals surface area contributed by atoms with E-state index in [-0.39, 0.29) is 11.3 Å². The lowest BCUT2D eigenvalue weighted by Gasteiger charge is -2.19. The van der Waals surface area contributed by atoms with Crippen LogP contribution in [0.3, 0.4) is 0 Å². The monoisotopic (exact) mass is 346 g/mol. The van der Waals surface area contributed by atoms with Crippen LogP contribution in [0.15, 0.2) is 32.6 Å². The van der Waals surface area contributed by atoms with E-state index < -0.39 is 5.63 Å². The molecule has 0 radical (unpaired) electrons. The Bertz CT molecular complexity index is 956. The normalized spacial score (nSPS) is 12.0. The second-order valence-corrected chi connectivity index (χ2v) is 7.45. The average molecular weight is 346 g/mol. The van der Waals surface area contributed by atoms with Gasteiger partial charge in [-0.3, -0.25) is 0 Å². The summed E-state index contributed by atoms with van der Waals surface area (Å²) in [6, 6.07) is 4.82. The number of hydrogen-bond acceptors (Lipinski definition) is 7. The van der Waals surface area contributed by atoms with Crippen LogP contribution in [0, 0.1) is 6.92 Å². The third-order valence-corrected chi connectivity index (χ3v) is 4.62. The fourth-order valence-electron chi connectivity index (χ4n) is 2.37. The zero-order valence-corrected chi connectivity index (χ0v) is 14.7. The van der Waals surface area contributed by atoms with E-state index in [9.17, 15) is 9.90 Å². The van der Waals surface area contributed by atoms with Crippen molar-refractivity contribution >= 4 is 22.7 Å². The number of phenols is 1. The van der Waals surface area contributed by atoms with Crippen LogP contribution in [-0.2, 0) is 11.3 Å². The Balaban J connectivity index is 1.99. The number of benzene rings is 1. The molecule has 0 amide bonds. The topological polar surface area (TPSA) is 94.0 Å². The van der Waals surface area contributed by atoms with Gasteiger partial charge in [-0.2, -0.15) is 0 Å². The molecule has 8 heteroatoms. The number of aryl methyl sites for hydroxylation is 1. The van der Waals surface area contributed by atoms with E-state index in [0.717, 1.165) is 10.9 Å². The maximum Gasteiger partial charge on any atom is 0.336 e. The lowest BCUT2D eigenvalue weighted by Crippen LogP contribution is -2.24. The Hall–Kier alpha value is -2.35. The molecular formula is C16H18N4O3S. The molecule has 0 saturated heterocycles. The van der Waals surface area contributed by atoms with Crippen LogP contribution >= 0.6 is 11.8 Å². The highest BCUT2D eigenvalue weighted by Crippen LogP contribution is 2.31. The van der Waals surface area contributed by atoms with Gasteiger partial charge in [0.05, 0.1) is 5.54 Å². The van der Waals surface area contributed by atoms with Crippen molar-refractivity contribution < 1.29 is 9.52 Å². The number of nitrogens with zero attached hydrogens (tertiary/aromatic N) is 4. The molecule has 0 aliphatic heterocycles. The van der Waals surface area contributed by atoms with Gasteiger partial charge in [0.1, 0.15) is 11.3 Å². The highest BCUT2D eigenvalue weighted by atomic mass is 32.2. The fraction of sp³-hybridized carbons (Fsp3) is 0.375.